The molecule has 1 aliphatic rings. The zero-order chi connectivity index (χ0) is 19.8. The molecule has 4 rings (SSSR count). The maximum Gasteiger partial charge on any atom is 0.279 e. The topological polar surface area (TPSA) is 86.1 Å². The molecule has 1 N–H and O–H groups in total. The Morgan fingerprint density at radius 1 is 1.36 bits per heavy atom. The highest BCUT2D eigenvalue weighted by molar-refractivity contribution is 7.18. The van der Waals surface area contributed by atoms with E-state index in [1.807, 2.05) is 0 Å². The van der Waals surface area contributed by atoms with Crippen molar-refractivity contribution in [2.24, 2.45) is 0 Å². The third kappa shape index (κ3) is 3.27. The minimum Gasteiger partial charge on any atom is -0.495 e. The van der Waals surface area contributed by atoms with Gasteiger partial charge in [0, 0.05) is 9.90 Å². The third-order valence-corrected chi connectivity index (χ3v) is 6.38. The fraction of sp³-hybridized carbons (Fsp3) is 0.368. The molecule has 1 aliphatic carbocycles. The zero-order valence-corrected chi connectivity index (χ0v) is 17.1. The van der Waals surface area contributed by atoms with Gasteiger partial charge in [-0.05, 0) is 56.4 Å². The number of amides is 1. The Kier molecular flexibility index (Phi) is 5.07. The largest absolute Gasteiger partial charge is 0.495 e. The number of aromatic nitrogens is 3. The van der Waals surface area contributed by atoms with Gasteiger partial charge < -0.3 is 10.1 Å². The number of thiophene rings is 1. The molecule has 0 spiro atoms. The number of hydrogen-bond acceptors (Lipinski definition) is 6. The van der Waals surface area contributed by atoms with Crippen LogP contribution >= 0.6 is 22.9 Å². The van der Waals surface area contributed by atoms with Crippen molar-refractivity contribution in [1.29, 1.82) is 0 Å². The van der Waals surface area contributed by atoms with Crippen LogP contribution in [0.15, 0.2) is 23.0 Å². The summed E-state index contributed by atoms with van der Waals surface area (Å²) in [4.78, 5) is 27.7. The van der Waals surface area contributed by atoms with Gasteiger partial charge in [0.25, 0.3) is 5.56 Å². The average molecular weight is 419 g/mol. The maximum absolute atomic E-state index is 13.1. The number of rotatable bonds is 4. The van der Waals surface area contributed by atoms with Gasteiger partial charge in [0.2, 0.25) is 5.91 Å². The predicted molar refractivity (Wildman–Crippen MR) is 110 cm³/mol. The van der Waals surface area contributed by atoms with Crippen LogP contribution in [0.2, 0.25) is 5.02 Å². The van der Waals surface area contributed by atoms with E-state index >= 15 is 0 Å². The molecular weight excluding hydrogens is 400 g/mol. The second-order valence-corrected chi connectivity index (χ2v) is 8.26. The van der Waals surface area contributed by atoms with Crippen molar-refractivity contribution in [1.82, 2.24) is 15.0 Å². The summed E-state index contributed by atoms with van der Waals surface area (Å²) in [7, 11) is 1.51. The second kappa shape index (κ2) is 7.52. The molecule has 2 heterocycles. The van der Waals surface area contributed by atoms with Crippen LogP contribution < -0.4 is 15.6 Å². The molecule has 1 atom stereocenters. The summed E-state index contributed by atoms with van der Waals surface area (Å²) in [5, 5.41) is 12.1. The van der Waals surface area contributed by atoms with Crippen molar-refractivity contribution in [2.75, 3.05) is 12.4 Å². The molecule has 1 amide bonds. The van der Waals surface area contributed by atoms with E-state index in [0.29, 0.717) is 26.7 Å². The van der Waals surface area contributed by atoms with Gasteiger partial charge in [0.05, 0.1) is 18.2 Å². The number of nitrogens with zero attached hydrogens (tertiary/aromatic N) is 3. The number of aryl methyl sites for hydroxylation is 2. The van der Waals surface area contributed by atoms with Gasteiger partial charge in [-0.25, -0.2) is 0 Å². The number of methoxy groups -OCH3 is 1. The summed E-state index contributed by atoms with van der Waals surface area (Å²) in [6, 6.07) is 4.09. The molecule has 0 saturated carbocycles. The van der Waals surface area contributed by atoms with E-state index in [-0.39, 0.29) is 5.56 Å². The molecule has 7 nitrogen and oxygen atoms in total. The molecule has 0 fully saturated rings. The van der Waals surface area contributed by atoms with E-state index < -0.39 is 11.9 Å². The lowest BCUT2D eigenvalue weighted by Gasteiger charge is -2.15. The highest BCUT2D eigenvalue weighted by atomic mass is 35.5. The molecule has 0 aliphatic heterocycles. The number of benzene rings is 1. The SMILES string of the molecule is COc1ccc(Cl)cc1NC(=O)[C@H](C)n1nnc2sc3c(c2c1=O)CCCC3. The number of ether oxygens (including phenoxy) is 1. The van der Waals surface area contributed by atoms with Gasteiger partial charge in [-0.1, -0.05) is 16.8 Å². The van der Waals surface area contributed by atoms with Gasteiger partial charge in [0.15, 0.2) is 4.83 Å². The molecule has 0 unspecified atom stereocenters. The van der Waals surface area contributed by atoms with E-state index in [1.165, 1.54) is 23.3 Å². The van der Waals surface area contributed by atoms with Crippen LogP contribution in [0, 0.1) is 0 Å². The number of carbonyl (C=O) groups excluding carboxylic acids is 1. The Balaban J connectivity index is 1.68. The molecule has 146 valence electrons. The first kappa shape index (κ1) is 18.9. The van der Waals surface area contributed by atoms with Crippen LogP contribution in [0.25, 0.3) is 10.2 Å². The maximum atomic E-state index is 13.1. The first-order valence-electron chi connectivity index (χ1n) is 9.03. The first-order chi connectivity index (χ1) is 13.5. The van der Waals surface area contributed by atoms with Gasteiger partial charge >= 0.3 is 0 Å². The Hall–Kier alpha value is -2.45. The summed E-state index contributed by atoms with van der Waals surface area (Å²) >= 11 is 7.55. The van der Waals surface area contributed by atoms with Crippen LogP contribution in [-0.4, -0.2) is 28.0 Å². The van der Waals surface area contributed by atoms with Crippen LogP contribution in [0.5, 0.6) is 5.75 Å². The summed E-state index contributed by atoms with van der Waals surface area (Å²) in [6.07, 6.45) is 4.03. The van der Waals surface area contributed by atoms with Gasteiger partial charge in [0.1, 0.15) is 11.8 Å². The average Bonchev–Trinajstić information content (AvgIpc) is 3.07. The van der Waals surface area contributed by atoms with Crippen molar-refractivity contribution in [2.45, 2.75) is 38.6 Å². The second-order valence-electron chi connectivity index (χ2n) is 6.74. The molecular formula is C19H19ClN4O3S. The zero-order valence-electron chi connectivity index (χ0n) is 15.5. The molecule has 1 aromatic carbocycles. The minimum atomic E-state index is -0.841. The fourth-order valence-corrected chi connectivity index (χ4v) is 4.84. The van der Waals surface area contributed by atoms with E-state index in [0.717, 1.165) is 35.9 Å². The Labute approximate surface area is 170 Å². The third-order valence-electron chi connectivity index (χ3n) is 4.97. The predicted octanol–water partition coefficient (Wildman–Crippen LogP) is 3.59. The summed E-state index contributed by atoms with van der Waals surface area (Å²) in [5.41, 5.74) is 1.23. The number of carbonyl (C=O) groups is 1. The van der Waals surface area contributed by atoms with E-state index in [9.17, 15) is 9.59 Å². The lowest BCUT2D eigenvalue weighted by atomic mass is 9.97. The Morgan fingerprint density at radius 3 is 2.93 bits per heavy atom. The molecule has 0 saturated heterocycles. The van der Waals surface area contributed by atoms with E-state index in [1.54, 1.807) is 25.1 Å². The summed E-state index contributed by atoms with van der Waals surface area (Å²) in [6.45, 7) is 1.62. The fourth-order valence-electron chi connectivity index (χ4n) is 3.47. The van der Waals surface area contributed by atoms with Crippen molar-refractivity contribution in [3.05, 3.63) is 44.0 Å². The highest BCUT2D eigenvalue weighted by Gasteiger charge is 2.25. The number of halogens is 1. The van der Waals surface area contributed by atoms with Gasteiger partial charge in [-0.15, -0.1) is 16.4 Å². The molecule has 0 bridgehead atoms. The van der Waals surface area contributed by atoms with Crippen LogP contribution in [0.4, 0.5) is 5.69 Å². The summed E-state index contributed by atoms with van der Waals surface area (Å²) < 4.78 is 6.40. The van der Waals surface area contributed by atoms with Gasteiger partial charge in [-0.3, -0.25) is 9.59 Å². The summed E-state index contributed by atoms with van der Waals surface area (Å²) in [5.74, 6) is 0.0751. The minimum absolute atomic E-state index is 0.273. The molecule has 9 heteroatoms. The van der Waals surface area contributed by atoms with Crippen LogP contribution in [-0.2, 0) is 17.6 Å². The molecule has 28 heavy (non-hydrogen) atoms. The van der Waals surface area contributed by atoms with E-state index in [4.69, 9.17) is 16.3 Å². The van der Waals surface area contributed by atoms with Gasteiger partial charge in [-0.2, -0.15) is 4.68 Å². The number of anilines is 1. The highest BCUT2D eigenvalue weighted by Crippen LogP contribution is 2.33. The molecule has 2 aromatic heterocycles. The van der Waals surface area contributed by atoms with Crippen molar-refractivity contribution < 1.29 is 9.53 Å². The van der Waals surface area contributed by atoms with E-state index in [2.05, 4.69) is 15.6 Å². The normalized spacial score (nSPS) is 14.5. The lowest BCUT2D eigenvalue weighted by molar-refractivity contribution is -0.119. The Bertz CT molecular complexity index is 1120. The standard InChI is InChI=1S/C19H19ClN4O3S/c1-10(17(25)21-13-9-11(20)7-8-14(13)27-2)24-19(26)16-12-5-3-4-6-15(12)28-18(16)22-23-24/h7-10H,3-6H2,1-2H3,(H,21,25)/t10-/m0/s1. The smallest absolute Gasteiger partial charge is 0.279 e. The number of fused-ring (bicyclic) bond motifs is 3. The van der Waals surface area contributed by atoms with Crippen LogP contribution in [0.3, 0.4) is 0 Å². The lowest BCUT2D eigenvalue weighted by Crippen LogP contribution is -2.34. The quantitative estimate of drug-likeness (QED) is 0.699. The first-order valence-corrected chi connectivity index (χ1v) is 10.2. The monoisotopic (exact) mass is 418 g/mol. The Morgan fingerprint density at radius 2 is 2.14 bits per heavy atom. The van der Waals surface area contributed by atoms with Crippen molar-refractivity contribution in [3.63, 3.8) is 0 Å². The van der Waals surface area contributed by atoms with Crippen LogP contribution in [0.1, 0.15) is 36.2 Å². The molecule has 0 radical (unpaired) electrons. The number of hydrogen-bond donors (Lipinski definition) is 1. The van der Waals surface area contributed by atoms with Crippen molar-refractivity contribution in [3.8, 4) is 5.75 Å². The van der Waals surface area contributed by atoms with Crippen molar-refractivity contribution >= 4 is 44.7 Å². The number of nitrogens with one attached hydrogen (secondary N) is 1. The molecule has 3 aromatic rings.